The lowest BCUT2D eigenvalue weighted by Crippen LogP contribution is -2.15. The van der Waals surface area contributed by atoms with Crippen LogP contribution < -0.4 is 5.32 Å². The van der Waals surface area contributed by atoms with E-state index in [0.717, 1.165) is 29.9 Å². The molecule has 0 atom stereocenters. The fourth-order valence-corrected chi connectivity index (χ4v) is 2.33. The Morgan fingerprint density at radius 3 is 2.68 bits per heavy atom. The van der Waals surface area contributed by atoms with Gasteiger partial charge in [-0.2, -0.15) is 0 Å². The first-order valence-electron chi connectivity index (χ1n) is 7.54. The summed E-state index contributed by atoms with van der Waals surface area (Å²) in [4.78, 5) is 7.89. The van der Waals surface area contributed by atoms with Crippen LogP contribution in [0.1, 0.15) is 51.3 Å². The largest absolute Gasteiger partial charge is 0.341 e. The highest BCUT2D eigenvalue weighted by atomic mass is 15.0. The highest BCUT2D eigenvalue weighted by molar-refractivity contribution is 5.74. The maximum absolute atomic E-state index is 4.55. The predicted octanol–water partition coefficient (Wildman–Crippen LogP) is 4.01. The first kappa shape index (κ1) is 14.1. The lowest BCUT2D eigenvalue weighted by Gasteiger charge is -2.02. The van der Waals surface area contributed by atoms with Crippen molar-refractivity contribution in [3.63, 3.8) is 0 Å². The minimum absolute atomic E-state index is 0.837. The molecule has 2 N–H and O–H groups in total. The van der Waals surface area contributed by atoms with Crippen LogP contribution in [0, 0.1) is 0 Å². The SMILES string of the molecule is CCCCCCCCNCc1nc2ccccc2[nH]1. The fourth-order valence-electron chi connectivity index (χ4n) is 2.33. The van der Waals surface area contributed by atoms with E-state index in [2.05, 4.69) is 28.3 Å². The van der Waals surface area contributed by atoms with Gasteiger partial charge in [-0.05, 0) is 25.1 Å². The summed E-state index contributed by atoms with van der Waals surface area (Å²) in [5.41, 5.74) is 2.18. The summed E-state index contributed by atoms with van der Waals surface area (Å²) < 4.78 is 0. The highest BCUT2D eigenvalue weighted by Gasteiger charge is 2.00. The molecule has 0 spiro atoms. The Labute approximate surface area is 115 Å². The molecule has 0 radical (unpaired) electrons. The quantitative estimate of drug-likeness (QED) is 0.668. The van der Waals surface area contributed by atoms with Crippen LogP contribution in [0.5, 0.6) is 0 Å². The summed E-state index contributed by atoms with van der Waals surface area (Å²) in [5.74, 6) is 1.03. The number of para-hydroxylation sites is 2. The Morgan fingerprint density at radius 2 is 1.84 bits per heavy atom. The number of rotatable bonds is 9. The molecule has 104 valence electrons. The van der Waals surface area contributed by atoms with Crippen LogP contribution in [0.25, 0.3) is 11.0 Å². The standard InChI is InChI=1S/C16H25N3/c1-2-3-4-5-6-9-12-17-13-16-18-14-10-7-8-11-15(14)19-16/h7-8,10-11,17H,2-6,9,12-13H2,1H3,(H,18,19). The van der Waals surface area contributed by atoms with Crippen LogP contribution >= 0.6 is 0 Å². The van der Waals surface area contributed by atoms with E-state index in [4.69, 9.17) is 0 Å². The molecule has 0 bridgehead atoms. The smallest absolute Gasteiger partial charge is 0.121 e. The second-order valence-electron chi connectivity index (χ2n) is 5.15. The third kappa shape index (κ3) is 4.67. The van der Waals surface area contributed by atoms with E-state index in [-0.39, 0.29) is 0 Å². The molecule has 1 heterocycles. The predicted molar refractivity (Wildman–Crippen MR) is 81.2 cm³/mol. The van der Waals surface area contributed by atoms with E-state index in [0.29, 0.717) is 0 Å². The first-order chi connectivity index (χ1) is 9.40. The van der Waals surface area contributed by atoms with Crippen LogP contribution in [0.2, 0.25) is 0 Å². The molecule has 1 aromatic heterocycles. The van der Waals surface area contributed by atoms with E-state index < -0.39 is 0 Å². The molecule has 2 rings (SSSR count). The number of unbranched alkanes of at least 4 members (excludes halogenated alkanes) is 5. The van der Waals surface area contributed by atoms with Crippen molar-refractivity contribution in [1.82, 2.24) is 15.3 Å². The van der Waals surface area contributed by atoms with Gasteiger partial charge in [-0.1, -0.05) is 51.2 Å². The van der Waals surface area contributed by atoms with Gasteiger partial charge in [-0.15, -0.1) is 0 Å². The molecule has 0 saturated heterocycles. The molecule has 3 nitrogen and oxygen atoms in total. The van der Waals surface area contributed by atoms with Crippen LogP contribution in [-0.2, 0) is 6.54 Å². The number of fused-ring (bicyclic) bond motifs is 1. The van der Waals surface area contributed by atoms with Gasteiger partial charge in [0.25, 0.3) is 0 Å². The number of benzene rings is 1. The van der Waals surface area contributed by atoms with Crippen molar-refractivity contribution < 1.29 is 0 Å². The Hall–Kier alpha value is -1.35. The van der Waals surface area contributed by atoms with Gasteiger partial charge < -0.3 is 10.3 Å². The van der Waals surface area contributed by atoms with E-state index >= 15 is 0 Å². The van der Waals surface area contributed by atoms with Crippen molar-refractivity contribution in [1.29, 1.82) is 0 Å². The number of aromatic amines is 1. The Bertz CT molecular complexity index is 443. The minimum Gasteiger partial charge on any atom is -0.341 e. The van der Waals surface area contributed by atoms with Gasteiger partial charge in [0.05, 0.1) is 17.6 Å². The molecule has 3 heteroatoms. The number of imidazole rings is 1. The van der Waals surface area contributed by atoms with Crippen molar-refractivity contribution >= 4 is 11.0 Å². The zero-order valence-electron chi connectivity index (χ0n) is 11.9. The molecular formula is C16H25N3. The van der Waals surface area contributed by atoms with Crippen molar-refractivity contribution in [2.24, 2.45) is 0 Å². The van der Waals surface area contributed by atoms with Gasteiger partial charge in [0.2, 0.25) is 0 Å². The molecule has 1 aromatic carbocycles. The lowest BCUT2D eigenvalue weighted by molar-refractivity contribution is 0.567. The van der Waals surface area contributed by atoms with Gasteiger partial charge in [-0.25, -0.2) is 4.98 Å². The van der Waals surface area contributed by atoms with Gasteiger partial charge >= 0.3 is 0 Å². The summed E-state index contributed by atoms with van der Waals surface area (Å²) in [7, 11) is 0. The van der Waals surface area contributed by atoms with Gasteiger partial charge in [0, 0.05) is 0 Å². The zero-order chi connectivity index (χ0) is 13.3. The number of hydrogen-bond donors (Lipinski definition) is 2. The molecule has 0 saturated carbocycles. The van der Waals surface area contributed by atoms with Crippen LogP contribution in [0.3, 0.4) is 0 Å². The average Bonchev–Trinajstić information content (AvgIpc) is 2.84. The molecular weight excluding hydrogens is 234 g/mol. The van der Waals surface area contributed by atoms with E-state index in [9.17, 15) is 0 Å². The topological polar surface area (TPSA) is 40.7 Å². The molecule has 0 aliphatic carbocycles. The van der Waals surface area contributed by atoms with E-state index in [1.807, 2.05) is 18.2 Å². The summed E-state index contributed by atoms with van der Waals surface area (Å²) in [6, 6.07) is 8.17. The van der Waals surface area contributed by atoms with Gasteiger partial charge in [0.15, 0.2) is 0 Å². The number of nitrogens with zero attached hydrogens (tertiary/aromatic N) is 1. The maximum atomic E-state index is 4.55. The van der Waals surface area contributed by atoms with Crippen molar-refractivity contribution in [3.8, 4) is 0 Å². The van der Waals surface area contributed by atoms with E-state index in [1.165, 1.54) is 38.5 Å². The normalized spacial score (nSPS) is 11.2. The average molecular weight is 259 g/mol. The third-order valence-corrected chi connectivity index (χ3v) is 3.44. The fraction of sp³-hybridized carbons (Fsp3) is 0.562. The van der Waals surface area contributed by atoms with Crippen LogP contribution in [0.15, 0.2) is 24.3 Å². The Morgan fingerprint density at radius 1 is 1.05 bits per heavy atom. The third-order valence-electron chi connectivity index (χ3n) is 3.44. The van der Waals surface area contributed by atoms with Crippen LogP contribution in [0.4, 0.5) is 0 Å². The second kappa shape index (κ2) is 7.95. The molecule has 0 aliphatic rings. The number of H-pyrrole nitrogens is 1. The Kier molecular flexibility index (Phi) is 5.89. The summed E-state index contributed by atoms with van der Waals surface area (Å²) in [6.07, 6.45) is 8.08. The minimum atomic E-state index is 0.837. The molecule has 0 aliphatic heterocycles. The number of hydrogen-bond acceptors (Lipinski definition) is 2. The van der Waals surface area contributed by atoms with Crippen molar-refractivity contribution in [2.45, 2.75) is 52.0 Å². The van der Waals surface area contributed by atoms with Crippen molar-refractivity contribution in [2.75, 3.05) is 6.54 Å². The number of aromatic nitrogens is 2. The number of nitrogens with one attached hydrogen (secondary N) is 2. The first-order valence-corrected chi connectivity index (χ1v) is 7.54. The Balaban J connectivity index is 1.60. The summed E-state index contributed by atoms with van der Waals surface area (Å²) >= 11 is 0. The summed E-state index contributed by atoms with van der Waals surface area (Å²) in [5, 5.41) is 3.46. The summed E-state index contributed by atoms with van der Waals surface area (Å²) in [6.45, 7) is 4.18. The second-order valence-corrected chi connectivity index (χ2v) is 5.15. The highest BCUT2D eigenvalue weighted by Crippen LogP contribution is 2.10. The molecule has 0 unspecified atom stereocenters. The van der Waals surface area contributed by atoms with Crippen LogP contribution in [-0.4, -0.2) is 16.5 Å². The maximum Gasteiger partial charge on any atom is 0.121 e. The van der Waals surface area contributed by atoms with E-state index in [1.54, 1.807) is 0 Å². The van der Waals surface area contributed by atoms with Crippen molar-refractivity contribution in [3.05, 3.63) is 30.1 Å². The molecule has 2 aromatic rings. The monoisotopic (exact) mass is 259 g/mol. The molecule has 0 fully saturated rings. The molecule has 0 amide bonds. The lowest BCUT2D eigenvalue weighted by atomic mass is 10.1. The van der Waals surface area contributed by atoms with Gasteiger partial charge in [-0.3, -0.25) is 0 Å². The van der Waals surface area contributed by atoms with Gasteiger partial charge in [0.1, 0.15) is 5.82 Å². The zero-order valence-corrected chi connectivity index (χ0v) is 11.9. The molecule has 19 heavy (non-hydrogen) atoms.